The average Bonchev–Trinajstić information content (AvgIpc) is 2.58. The van der Waals surface area contributed by atoms with Gasteiger partial charge in [-0.05, 0) is 31.0 Å². The standard InChI is InChI=1S/C21H44OSi/c1-4-7-8-9-10-11-12-14-18-21(17-5-2)22-23(6-3)19-15-13-16-20-23/h21H,4-20H2,1-3H3. The minimum absolute atomic E-state index is 0.588. The highest BCUT2D eigenvalue weighted by Gasteiger charge is 2.36. The van der Waals surface area contributed by atoms with Crippen molar-refractivity contribution in [3.63, 3.8) is 0 Å². The van der Waals surface area contributed by atoms with E-state index in [1.165, 1.54) is 108 Å². The van der Waals surface area contributed by atoms with Gasteiger partial charge in [-0.3, -0.25) is 0 Å². The fraction of sp³-hybridized carbons (Fsp3) is 1.00. The Morgan fingerprint density at radius 3 is 1.87 bits per heavy atom. The molecule has 138 valence electrons. The van der Waals surface area contributed by atoms with Crippen molar-refractivity contribution in [3.05, 3.63) is 0 Å². The van der Waals surface area contributed by atoms with Gasteiger partial charge in [-0.25, -0.2) is 0 Å². The summed E-state index contributed by atoms with van der Waals surface area (Å²) < 4.78 is 6.87. The smallest absolute Gasteiger partial charge is 0.192 e. The summed E-state index contributed by atoms with van der Waals surface area (Å²) in [4.78, 5) is 0. The fourth-order valence-electron chi connectivity index (χ4n) is 4.19. The van der Waals surface area contributed by atoms with Crippen LogP contribution >= 0.6 is 0 Å². The van der Waals surface area contributed by atoms with E-state index in [0.29, 0.717) is 6.10 Å². The van der Waals surface area contributed by atoms with E-state index < -0.39 is 8.32 Å². The highest BCUT2D eigenvalue weighted by atomic mass is 28.4. The lowest BCUT2D eigenvalue weighted by Gasteiger charge is -2.37. The highest BCUT2D eigenvalue weighted by molar-refractivity contribution is 6.73. The van der Waals surface area contributed by atoms with Crippen LogP contribution in [0.4, 0.5) is 0 Å². The second kappa shape index (κ2) is 13.5. The third-order valence-corrected chi connectivity index (χ3v) is 10.5. The number of unbranched alkanes of at least 4 members (excludes halogenated alkanes) is 7. The van der Waals surface area contributed by atoms with E-state index in [1.807, 2.05) is 0 Å². The predicted molar refractivity (Wildman–Crippen MR) is 107 cm³/mol. The van der Waals surface area contributed by atoms with Crippen LogP contribution in [0.25, 0.3) is 0 Å². The van der Waals surface area contributed by atoms with Gasteiger partial charge in [-0.15, -0.1) is 0 Å². The normalized spacial score (nSPS) is 18.9. The largest absolute Gasteiger partial charge is 0.414 e. The maximum Gasteiger partial charge on any atom is 0.192 e. The van der Waals surface area contributed by atoms with Gasteiger partial charge in [-0.2, -0.15) is 0 Å². The molecule has 0 aliphatic carbocycles. The molecule has 1 aliphatic rings. The van der Waals surface area contributed by atoms with Crippen molar-refractivity contribution in [1.82, 2.24) is 0 Å². The van der Waals surface area contributed by atoms with Gasteiger partial charge in [0.2, 0.25) is 0 Å². The third-order valence-electron chi connectivity index (χ3n) is 5.82. The topological polar surface area (TPSA) is 9.23 Å². The molecule has 1 fully saturated rings. The first-order valence-electron chi connectivity index (χ1n) is 10.9. The van der Waals surface area contributed by atoms with Gasteiger partial charge in [0.15, 0.2) is 8.32 Å². The lowest BCUT2D eigenvalue weighted by molar-refractivity contribution is 0.158. The first kappa shape index (κ1) is 21.2. The zero-order valence-electron chi connectivity index (χ0n) is 16.5. The van der Waals surface area contributed by atoms with Crippen molar-refractivity contribution in [2.24, 2.45) is 0 Å². The molecule has 1 atom stereocenters. The Morgan fingerprint density at radius 1 is 0.696 bits per heavy atom. The van der Waals surface area contributed by atoms with E-state index in [2.05, 4.69) is 20.8 Å². The summed E-state index contributed by atoms with van der Waals surface area (Å²) in [5.74, 6) is 0. The zero-order chi connectivity index (χ0) is 16.8. The van der Waals surface area contributed by atoms with Gasteiger partial charge in [-0.1, -0.05) is 97.8 Å². The molecule has 0 radical (unpaired) electrons. The molecule has 0 bridgehead atoms. The number of hydrogen-bond acceptors (Lipinski definition) is 1. The van der Waals surface area contributed by atoms with Gasteiger partial charge >= 0.3 is 0 Å². The molecule has 1 unspecified atom stereocenters. The maximum atomic E-state index is 6.87. The molecular weight excluding hydrogens is 296 g/mol. The summed E-state index contributed by atoms with van der Waals surface area (Å²) in [6.45, 7) is 7.02. The molecule has 0 amide bonds. The van der Waals surface area contributed by atoms with E-state index >= 15 is 0 Å². The molecule has 0 aromatic rings. The van der Waals surface area contributed by atoms with Gasteiger partial charge in [0, 0.05) is 6.10 Å². The van der Waals surface area contributed by atoms with E-state index in [1.54, 1.807) is 0 Å². The molecule has 0 spiro atoms. The summed E-state index contributed by atoms with van der Waals surface area (Å²) >= 11 is 0. The van der Waals surface area contributed by atoms with Gasteiger partial charge in [0.05, 0.1) is 0 Å². The summed E-state index contributed by atoms with van der Waals surface area (Å²) in [7, 11) is -1.35. The van der Waals surface area contributed by atoms with Crippen molar-refractivity contribution < 1.29 is 4.43 Å². The van der Waals surface area contributed by atoms with Crippen molar-refractivity contribution in [2.45, 2.75) is 135 Å². The zero-order valence-corrected chi connectivity index (χ0v) is 17.5. The minimum atomic E-state index is -1.35. The molecule has 2 heteroatoms. The van der Waals surface area contributed by atoms with Crippen LogP contribution < -0.4 is 0 Å². The van der Waals surface area contributed by atoms with Gasteiger partial charge in [0.1, 0.15) is 0 Å². The van der Waals surface area contributed by atoms with Crippen LogP contribution in [0.1, 0.15) is 111 Å². The number of rotatable bonds is 14. The van der Waals surface area contributed by atoms with E-state index in [9.17, 15) is 0 Å². The molecule has 1 aliphatic heterocycles. The predicted octanol–water partition coefficient (Wildman–Crippen LogP) is 7.85. The second-order valence-electron chi connectivity index (χ2n) is 7.89. The Labute approximate surface area is 148 Å². The van der Waals surface area contributed by atoms with Crippen molar-refractivity contribution in [3.8, 4) is 0 Å². The van der Waals surface area contributed by atoms with Crippen LogP contribution in [-0.4, -0.2) is 14.4 Å². The van der Waals surface area contributed by atoms with Crippen LogP contribution in [0, 0.1) is 0 Å². The third kappa shape index (κ3) is 9.29. The van der Waals surface area contributed by atoms with Crippen LogP contribution in [0.5, 0.6) is 0 Å². The Morgan fingerprint density at radius 2 is 1.30 bits per heavy atom. The fourth-order valence-corrected chi connectivity index (χ4v) is 8.29. The highest BCUT2D eigenvalue weighted by Crippen LogP contribution is 2.34. The Kier molecular flexibility index (Phi) is 12.4. The monoisotopic (exact) mass is 340 g/mol. The van der Waals surface area contributed by atoms with E-state index in [0.717, 1.165) is 0 Å². The van der Waals surface area contributed by atoms with E-state index in [-0.39, 0.29) is 0 Å². The molecule has 1 saturated heterocycles. The molecule has 1 nitrogen and oxygen atoms in total. The first-order chi connectivity index (χ1) is 11.3. The summed E-state index contributed by atoms with van der Waals surface area (Å²) in [5, 5.41) is 0. The van der Waals surface area contributed by atoms with Gasteiger partial charge in [0.25, 0.3) is 0 Å². The maximum absolute atomic E-state index is 6.87. The molecular formula is C21H44OSi. The second-order valence-corrected chi connectivity index (χ2v) is 12.2. The van der Waals surface area contributed by atoms with Crippen LogP contribution in [0.2, 0.25) is 18.1 Å². The number of hydrogen-bond donors (Lipinski definition) is 0. The van der Waals surface area contributed by atoms with Crippen LogP contribution in [0.15, 0.2) is 0 Å². The van der Waals surface area contributed by atoms with Crippen molar-refractivity contribution in [1.29, 1.82) is 0 Å². The van der Waals surface area contributed by atoms with Crippen LogP contribution in [0.3, 0.4) is 0 Å². The molecule has 1 rings (SSSR count). The first-order valence-corrected chi connectivity index (χ1v) is 13.5. The van der Waals surface area contributed by atoms with Crippen molar-refractivity contribution in [2.75, 3.05) is 0 Å². The van der Waals surface area contributed by atoms with Crippen molar-refractivity contribution >= 4 is 8.32 Å². The minimum Gasteiger partial charge on any atom is -0.414 e. The van der Waals surface area contributed by atoms with Crippen LogP contribution in [-0.2, 0) is 4.43 Å². The lowest BCUT2D eigenvalue weighted by Crippen LogP contribution is -2.42. The summed E-state index contributed by atoms with van der Waals surface area (Å²) in [6.07, 6.45) is 20.2. The molecule has 0 aromatic carbocycles. The van der Waals surface area contributed by atoms with Gasteiger partial charge < -0.3 is 4.43 Å². The van der Waals surface area contributed by atoms with E-state index in [4.69, 9.17) is 4.43 Å². The Bertz CT molecular complexity index is 261. The lowest BCUT2D eigenvalue weighted by atomic mass is 10.0. The summed E-state index contributed by atoms with van der Waals surface area (Å²) in [6, 6.07) is 4.24. The Balaban J connectivity index is 2.20. The quantitative estimate of drug-likeness (QED) is 0.231. The molecule has 1 heterocycles. The molecule has 0 N–H and O–H groups in total. The molecule has 0 saturated carbocycles. The summed E-state index contributed by atoms with van der Waals surface area (Å²) in [5.41, 5.74) is 0. The SMILES string of the molecule is CCCCCCCCCCC(CCC)O[Si]1(CC)CCCCC1. The molecule has 0 aromatic heterocycles. The average molecular weight is 341 g/mol. The Hall–Kier alpha value is 0.177. The molecule has 23 heavy (non-hydrogen) atoms.